The van der Waals surface area contributed by atoms with Crippen LogP contribution in [0.3, 0.4) is 0 Å². The molecule has 1 N–H and O–H groups in total. The lowest BCUT2D eigenvalue weighted by molar-refractivity contribution is -0.139. The van der Waals surface area contributed by atoms with Crippen LogP contribution in [0.2, 0.25) is 5.02 Å². The Bertz CT molecular complexity index is 655. The fourth-order valence-corrected chi connectivity index (χ4v) is 4.24. The zero-order valence-corrected chi connectivity index (χ0v) is 15.3. The van der Waals surface area contributed by atoms with E-state index in [9.17, 15) is 18.3 Å². The number of carboxylic acids is 1. The maximum absolute atomic E-state index is 11.9. The van der Waals surface area contributed by atoms with Gasteiger partial charge >= 0.3 is 5.97 Å². The fourth-order valence-electron chi connectivity index (χ4n) is 2.98. The van der Waals surface area contributed by atoms with E-state index >= 15 is 0 Å². The van der Waals surface area contributed by atoms with Crippen molar-refractivity contribution in [1.82, 2.24) is 9.21 Å². The first kappa shape index (κ1) is 19.2. The maximum atomic E-state index is 11.9. The number of carboxylic acid groups (broad SMARTS) is 1. The highest BCUT2D eigenvalue weighted by Crippen LogP contribution is 2.21. The molecule has 8 heteroatoms. The van der Waals surface area contributed by atoms with Gasteiger partial charge in [-0.3, -0.25) is 9.69 Å². The largest absolute Gasteiger partial charge is 0.480 e. The molecule has 24 heavy (non-hydrogen) atoms. The van der Waals surface area contributed by atoms with Crippen LogP contribution in [0, 0.1) is 0 Å². The molecule has 1 heterocycles. The van der Waals surface area contributed by atoms with Crippen LogP contribution in [0.15, 0.2) is 24.3 Å². The SMILES string of the molecule is CCS(=O)(=O)N1CCC(N(CC(=O)O)Cc2ccc(Cl)cc2)CC1. The van der Waals surface area contributed by atoms with E-state index in [2.05, 4.69) is 0 Å². The number of carbonyl (C=O) groups is 1. The second kappa shape index (κ2) is 8.29. The molecule has 0 bridgehead atoms. The predicted molar refractivity (Wildman–Crippen MR) is 93.6 cm³/mol. The molecule has 0 radical (unpaired) electrons. The Balaban J connectivity index is 2.04. The van der Waals surface area contributed by atoms with Crippen LogP contribution in [-0.2, 0) is 21.4 Å². The van der Waals surface area contributed by atoms with Gasteiger partial charge in [-0.25, -0.2) is 12.7 Å². The fraction of sp³-hybridized carbons (Fsp3) is 0.562. The standard InChI is InChI=1S/C16H23ClN2O4S/c1-2-24(22,23)19-9-7-15(8-10-19)18(12-16(20)21)11-13-3-5-14(17)6-4-13/h3-6,15H,2,7-12H2,1H3,(H,20,21). The Morgan fingerprint density at radius 2 is 1.88 bits per heavy atom. The highest BCUT2D eigenvalue weighted by atomic mass is 35.5. The van der Waals surface area contributed by atoms with Crippen LogP contribution in [0.25, 0.3) is 0 Å². The normalized spacial score (nSPS) is 17.3. The van der Waals surface area contributed by atoms with Crippen LogP contribution in [0.4, 0.5) is 0 Å². The van der Waals surface area contributed by atoms with Gasteiger partial charge in [0.15, 0.2) is 0 Å². The molecule has 1 fully saturated rings. The van der Waals surface area contributed by atoms with Crippen molar-refractivity contribution >= 4 is 27.6 Å². The van der Waals surface area contributed by atoms with Crippen LogP contribution < -0.4 is 0 Å². The molecule has 0 amide bonds. The number of piperidine rings is 1. The minimum Gasteiger partial charge on any atom is -0.480 e. The average molecular weight is 375 g/mol. The first-order valence-corrected chi connectivity index (χ1v) is 9.98. The quantitative estimate of drug-likeness (QED) is 0.790. The zero-order chi connectivity index (χ0) is 17.7. The summed E-state index contributed by atoms with van der Waals surface area (Å²) in [6.07, 6.45) is 1.28. The van der Waals surface area contributed by atoms with Crippen LogP contribution in [0.1, 0.15) is 25.3 Å². The number of sulfonamides is 1. The molecule has 2 rings (SSSR count). The van der Waals surface area contributed by atoms with Crippen LogP contribution >= 0.6 is 11.6 Å². The van der Waals surface area contributed by atoms with Crippen LogP contribution in [-0.4, -0.2) is 60.1 Å². The van der Waals surface area contributed by atoms with Gasteiger partial charge in [0, 0.05) is 30.7 Å². The Labute approximate surface area is 148 Å². The van der Waals surface area contributed by atoms with E-state index in [0.717, 1.165) is 5.56 Å². The van der Waals surface area contributed by atoms with Crippen molar-refractivity contribution in [2.45, 2.75) is 32.4 Å². The molecule has 134 valence electrons. The summed E-state index contributed by atoms with van der Waals surface area (Å²) in [5.41, 5.74) is 0.990. The van der Waals surface area contributed by atoms with Gasteiger partial charge in [-0.2, -0.15) is 0 Å². The van der Waals surface area contributed by atoms with Crippen molar-refractivity contribution in [2.75, 3.05) is 25.4 Å². The summed E-state index contributed by atoms with van der Waals surface area (Å²) in [6.45, 7) is 2.97. The second-order valence-electron chi connectivity index (χ2n) is 5.96. The average Bonchev–Trinajstić information content (AvgIpc) is 2.56. The van der Waals surface area contributed by atoms with Crippen molar-refractivity contribution in [2.24, 2.45) is 0 Å². The van der Waals surface area contributed by atoms with Gasteiger partial charge in [-0.1, -0.05) is 23.7 Å². The third-order valence-electron chi connectivity index (χ3n) is 4.34. The van der Waals surface area contributed by atoms with E-state index in [1.807, 2.05) is 17.0 Å². The van der Waals surface area contributed by atoms with Crippen molar-refractivity contribution < 1.29 is 18.3 Å². The van der Waals surface area contributed by atoms with E-state index in [1.54, 1.807) is 19.1 Å². The molecule has 1 saturated heterocycles. The molecule has 6 nitrogen and oxygen atoms in total. The van der Waals surface area contributed by atoms with E-state index in [4.69, 9.17) is 11.6 Å². The molecule has 0 atom stereocenters. The zero-order valence-electron chi connectivity index (χ0n) is 13.7. The number of nitrogens with zero attached hydrogens (tertiary/aromatic N) is 2. The molecule has 0 aromatic heterocycles. The van der Waals surface area contributed by atoms with Gasteiger partial charge < -0.3 is 5.11 Å². The second-order valence-corrected chi connectivity index (χ2v) is 8.65. The van der Waals surface area contributed by atoms with E-state index < -0.39 is 16.0 Å². The number of hydrogen-bond donors (Lipinski definition) is 1. The lowest BCUT2D eigenvalue weighted by Gasteiger charge is -2.37. The summed E-state index contributed by atoms with van der Waals surface area (Å²) in [5.74, 6) is -0.783. The monoisotopic (exact) mass is 374 g/mol. The first-order valence-electron chi connectivity index (χ1n) is 8.00. The molecule has 1 aromatic rings. The van der Waals surface area contributed by atoms with Gasteiger partial charge in [0.25, 0.3) is 0 Å². The summed E-state index contributed by atoms with van der Waals surface area (Å²) < 4.78 is 25.4. The number of benzene rings is 1. The molecular formula is C16H23ClN2O4S. The topological polar surface area (TPSA) is 77.9 Å². The van der Waals surface area contributed by atoms with Gasteiger partial charge in [-0.05, 0) is 37.5 Å². The summed E-state index contributed by atoms with van der Waals surface area (Å²) >= 11 is 5.88. The highest BCUT2D eigenvalue weighted by molar-refractivity contribution is 7.89. The third kappa shape index (κ3) is 5.17. The molecular weight excluding hydrogens is 352 g/mol. The Morgan fingerprint density at radius 1 is 1.29 bits per heavy atom. The number of hydrogen-bond acceptors (Lipinski definition) is 4. The number of halogens is 1. The summed E-state index contributed by atoms with van der Waals surface area (Å²) in [4.78, 5) is 13.1. The molecule has 0 unspecified atom stereocenters. The van der Waals surface area contributed by atoms with Crippen molar-refractivity contribution in [3.05, 3.63) is 34.9 Å². The highest BCUT2D eigenvalue weighted by Gasteiger charge is 2.30. The Hall–Kier alpha value is -1.15. The molecule has 1 aromatic carbocycles. The maximum Gasteiger partial charge on any atom is 0.317 e. The lowest BCUT2D eigenvalue weighted by Crippen LogP contribution is -2.48. The van der Waals surface area contributed by atoms with Crippen molar-refractivity contribution in [1.29, 1.82) is 0 Å². The van der Waals surface area contributed by atoms with E-state index in [-0.39, 0.29) is 18.3 Å². The Kier molecular flexibility index (Phi) is 6.62. The molecule has 0 saturated carbocycles. The third-order valence-corrected chi connectivity index (χ3v) is 6.47. The van der Waals surface area contributed by atoms with Gasteiger partial charge in [0.1, 0.15) is 0 Å². The lowest BCUT2D eigenvalue weighted by atomic mass is 10.0. The van der Waals surface area contributed by atoms with Crippen molar-refractivity contribution in [3.63, 3.8) is 0 Å². The summed E-state index contributed by atoms with van der Waals surface area (Å²) in [5, 5.41) is 9.83. The minimum absolute atomic E-state index is 0.0556. The molecule has 0 spiro atoms. The molecule has 1 aliphatic heterocycles. The number of rotatable bonds is 7. The van der Waals surface area contributed by atoms with Crippen LogP contribution in [0.5, 0.6) is 0 Å². The van der Waals surface area contributed by atoms with E-state index in [0.29, 0.717) is 37.5 Å². The first-order chi connectivity index (χ1) is 11.3. The van der Waals surface area contributed by atoms with Gasteiger partial charge in [-0.15, -0.1) is 0 Å². The van der Waals surface area contributed by atoms with Gasteiger partial charge in [0.05, 0.1) is 12.3 Å². The molecule has 1 aliphatic rings. The van der Waals surface area contributed by atoms with Gasteiger partial charge in [0.2, 0.25) is 10.0 Å². The summed E-state index contributed by atoms with van der Waals surface area (Å²) in [6, 6.07) is 7.39. The Morgan fingerprint density at radius 3 is 2.38 bits per heavy atom. The minimum atomic E-state index is -3.17. The van der Waals surface area contributed by atoms with Crippen molar-refractivity contribution in [3.8, 4) is 0 Å². The summed E-state index contributed by atoms with van der Waals surface area (Å²) in [7, 11) is -3.17. The smallest absolute Gasteiger partial charge is 0.317 e. The predicted octanol–water partition coefficient (Wildman–Crippen LogP) is 2.04. The molecule has 0 aliphatic carbocycles. The van der Waals surface area contributed by atoms with E-state index in [1.165, 1.54) is 4.31 Å². The number of aliphatic carboxylic acids is 1.